The fourth-order valence-corrected chi connectivity index (χ4v) is 6.53. The number of ether oxygens (including phenoxy) is 4. The van der Waals surface area contributed by atoms with E-state index in [0.717, 1.165) is 14.5 Å². The highest BCUT2D eigenvalue weighted by Crippen LogP contribution is 2.36. The number of carbonyl (C=O) groups excluding carboxylic acids is 1. The zero-order valence-corrected chi connectivity index (χ0v) is 26.1. The minimum atomic E-state index is -0.758. The van der Waals surface area contributed by atoms with E-state index >= 15 is 0 Å². The summed E-state index contributed by atoms with van der Waals surface area (Å²) < 4.78 is 25.9. The van der Waals surface area contributed by atoms with Gasteiger partial charge in [0.2, 0.25) is 0 Å². The molecule has 0 radical (unpaired) electrons. The number of halogens is 2. The molecule has 0 saturated carbocycles. The van der Waals surface area contributed by atoms with E-state index in [4.69, 9.17) is 18.9 Å². The number of thiazole rings is 1. The summed E-state index contributed by atoms with van der Waals surface area (Å²) in [5, 5.41) is 0. The molecular formula is C28H28Br2N2O6S. The number of hydrogen-bond acceptors (Lipinski definition) is 8. The molecule has 0 spiro atoms. The Labute approximate surface area is 246 Å². The Hall–Kier alpha value is -2.89. The second-order valence-electron chi connectivity index (χ2n) is 8.73. The second-order valence-corrected chi connectivity index (χ2v) is 11.4. The molecule has 8 nitrogen and oxygen atoms in total. The van der Waals surface area contributed by atoms with E-state index in [9.17, 15) is 9.59 Å². The normalized spacial score (nSPS) is 14.9. The van der Waals surface area contributed by atoms with Crippen LogP contribution in [0.15, 0.2) is 60.8 Å². The van der Waals surface area contributed by atoms with Crippen molar-refractivity contribution in [2.45, 2.75) is 39.8 Å². The number of carbonyl (C=O) groups is 1. The molecule has 1 aliphatic rings. The maximum atomic E-state index is 13.8. The van der Waals surface area contributed by atoms with Gasteiger partial charge in [-0.05, 0) is 101 Å². The molecule has 3 aromatic rings. The Morgan fingerprint density at radius 2 is 1.77 bits per heavy atom. The van der Waals surface area contributed by atoms with Crippen molar-refractivity contribution in [1.29, 1.82) is 0 Å². The molecule has 1 aromatic heterocycles. The van der Waals surface area contributed by atoms with Crippen LogP contribution in [0.1, 0.15) is 44.9 Å². The number of nitrogens with zero attached hydrogens (tertiary/aromatic N) is 2. The molecule has 206 valence electrons. The van der Waals surface area contributed by atoms with Crippen LogP contribution in [0.2, 0.25) is 0 Å². The summed E-state index contributed by atoms with van der Waals surface area (Å²) in [5.74, 6) is 1.23. The van der Waals surface area contributed by atoms with E-state index in [1.807, 2.05) is 45.9 Å². The summed E-state index contributed by atoms with van der Waals surface area (Å²) >= 11 is 8.38. The molecule has 2 aromatic carbocycles. The van der Waals surface area contributed by atoms with Crippen LogP contribution in [-0.2, 0) is 9.53 Å². The van der Waals surface area contributed by atoms with E-state index < -0.39 is 12.0 Å². The standard InChI is InChI=1S/C28H28Br2N2O6S/c1-6-36-21-9-8-17(13-22(21)37-7-2)24-18(27(34)35-5)14-31-28-32(24)26(33)23(39-28)12-16-10-19(29)25(20(30)11-16)38-15(3)4/h8-15,24H,6-7H2,1-5H3/b23-12+/t24-/m1/s1. The average molecular weight is 680 g/mol. The van der Waals surface area contributed by atoms with Gasteiger partial charge in [0.1, 0.15) is 5.75 Å². The molecule has 0 amide bonds. The Morgan fingerprint density at radius 3 is 2.38 bits per heavy atom. The monoisotopic (exact) mass is 678 g/mol. The lowest BCUT2D eigenvalue weighted by Crippen LogP contribution is -2.39. The van der Waals surface area contributed by atoms with E-state index in [2.05, 4.69) is 36.9 Å². The maximum Gasteiger partial charge on any atom is 0.337 e. The molecule has 0 unspecified atom stereocenters. The van der Waals surface area contributed by atoms with Gasteiger partial charge in [-0.15, -0.1) is 0 Å². The van der Waals surface area contributed by atoms with Crippen LogP contribution in [0, 0.1) is 0 Å². The van der Waals surface area contributed by atoms with Crippen LogP contribution >= 0.6 is 43.2 Å². The molecule has 0 bridgehead atoms. The third kappa shape index (κ3) is 6.15. The lowest BCUT2D eigenvalue weighted by atomic mass is 9.97. The van der Waals surface area contributed by atoms with Crippen LogP contribution < -0.4 is 29.1 Å². The van der Waals surface area contributed by atoms with E-state index in [0.29, 0.717) is 45.4 Å². The van der Waals surface area contributed by atoms with Gasteiger partial charge in [0.15, 0.2) is 16.3 Å². The molecule has 0 aliphatic carbocycles. The number of rotatable bonds is 9. The van der Waals surface area contributed by atoms with Crippen LogP contribution in [-0.4, -0.2) is 37.0 Å². The van der Waals surface area contributed by atoms with Gasteiger partial charge in [-0.1, -0.05) is 17.4 Å². The quantitative estimate of drug-likeness (QED) is 0.292. The summed E-state index contributed by atoms with van der Waals surface area (Å²) in [4.78, 5) is 31.5. The third-order valence-electron chi connectivity index (χ3n) is 5.68. The first-order chi connectivity index (χ1) is 18.7. The molecule has 11 heteroatoms. The first kappa shape index (κ1) is 29.1. The van der Waals surface area contributed by atoms with Crippen LogP contribution in [0.5, 0.6) is 17.2 Å². The summed E-state index contributed by atoms with van der Waals surface area (Å²) in [6.07, 6.45) is 3.26. The van der Waals surface area contributed by atoms with Gasteiger partial charge in [-0.25, -0.2) is 9.79 Å². The number of esters is 1. The summed E-state index contributed by atoms with van der Waals surface area (Å²) in [6, 6.07) is 8.41. The molecule has 0 saturated heterocycles. The number of hydrogen-bond donors (Lipinski definition) is 0. The zero-order chi connectivity index (χ0) is 28.3. The Balaban J connectivity index is 1.87. The van der Waals surface area contributed by atoms with Crippen molar-refractivity contribution in [2.75, 3.05) is 20.3 Å². The van der Waals surface area contributed by atoms with Crippen LogP contribution in [0.3, 0.4) is 0 Å². The SMILES string of the molecule is CCOc1ccc([C@@H]2C(C(=O)OC)=CN=c3s/c(=C/c4cc(Br)c(OC(C)C)c(Br)c4)c(=O)n32)cc1OCC. The van der Waals surface area contributed by atoms with Crippen LogP contribution in [0.4, 0.5) is 0 Å². The molecular weight excluding hydrogens is 652 g/mol. The number of methoxy groups -OCH3 is 1. The maximum absolute atomic E-state index is 13.8. The van der Waals surface area contributed by atoms with Gasteiger partial charge in [-0.2, -0.15) is 0 Å². The number of benzene rings is 2. The fourth-order valence-electron chi connectivity index (χ4n) is 4.15. The van der Waals surface area contributed by atoms with Crippen molar-refractivity contribution in [3.63, 3.8) is 0 Å². The second kappa shape index (κ2) is 12.5. The Bertz CT molecular complexity index is 1590. The van der Waals surface area contributed by atoms with Gasteiger partial charge in [0.05, 0.1) is 51.5 Å². The van der Waals surface area contributed by atoms with Crippen molar-refractivity contribution in [1.82, 2.24) is 4.57 Å². The molecule has 2 heterocycles. The highest BCUT2D eigenvalue weighted by Gasteiger charge is 2.31. The predicted octanol–water partition coefficient (Wildman–Crippen LogP) is 5.13. The molecule has 1 aliphatic heterocycles. The number of fused-ring (bicyclic) bond motifs is 1. The van der Waals surface area contributed by atoms with Crippen molar-refractivity contribution in [2.24, 2.45) is 4.99 Å². The van der Waals surface area contributed by atoms with E-state index in [1.165, 1.54) is 29.2 Å². The Morgan fingerprint density at radius 1 is 1.10 bits per heavy atom. The molecule has 0 N–H and O–H groups in total. The van der Waals surface area contributed by atoms with E-state index in [1.54, 1.807) is 18.2 Å². The highest BCUT2D eigenvalue weighted by atomic mass is 79.9. The molecule has 4 rings (SSSR count). The summed E-state index contributed by atoms with van der Waals surface area (Å²) in [6.45, 7) is 8.57. The van der Waals surface area contributed by atoms with Gasteiger partial charge in [0, 0.05) is 6.20 Å². The van der Waals surface area contributed by atoms with Gasteiger partial charge < -0.3 is 18.9 Å². The fraction of sp³-hybridized carbons (Fsp3) is 0.321. The Kier molecular flexibility index (Phi) is 9.35. The summed E-state index contributed by atoms with van der Waals surface area (Å²) in [7, 11) is 1.30. The topological polar surface area (TPSA) is 88.4 Å². The van der Waals surface area contributed by atoms with Crippen molar-refractivity contribution < 1.29 is 23.7 Å². The predicted molar refractivity (Wildman–Crippen MR) is 158 cm³/mol. The van der Waals surface area contributed by atoms with Crippen molar-refractivity contribution in [3.8, 4) is 17.2 Å². The van der Waals surface area contributed by atoms with Gasteiger partial charge in [-0.3, -0.25) is 9.36 Å². The van der Waals surface area contributed by atoms with Gasteiger partial charge >= 0.3 is 5.97 Å². The summed E-state index contributed by atoms with van der Waals surface area (Å²) in [5.41, 5.74) is 1.42. The van der Waals surface area contributed by atoms with Crippen molar-refractivity contribution in [3.05, 3.63) is 81.9 Å². The van der Waals surface area contributed by atoms with Crippen LogP contribution in [0.25, 0.3) is 6.08 Å². The molecule has 1 atom stereocenters. The smallest absolute Gasteiger partial charge is 0.337 e. The highest BCUT2D eigenvalue weighted by molar-refractivity contribution is 9.11. The third-order valence-corrected chi connectivity index (χ3v) is 7.86. The van der Waals surface area contributed by atoms with Gasteiger partial charge in [0.25, 0.3) is 5.56 Å². The minimum Gasteiger partial charge on any atom is -0.490 e. The van der Waals surface area contributed by atoms with Crippen molar-refractivity contribution >= 4 is 55.2 Å². The largest absolute Gasteiger partial charge is 0.490 e. The average Bonchev–Trinajstić information content (AvgIpc) is 3.21. The van der Waals surface area contributed by atoms with E-state index in [-0.39, 0.29) is 17.2 Å². The lowest BCUT2D eigenvalue weighted by molar-refractivity contribution is -0.136. The minimum absolute atomic E-state index is 0.00184. The number of aromatic nitrogens is 1. The molecule has 39 heavy (non-hydrogen) atoms. The zero-order valence-electron chi connectivity index (χ0n) is 22.1. The lowest BCUT2D eigenvalue weighted by Gasteiger charge is -2.23. The first-order valence-corrected chi connectivity index (χ1v) is 14.7. The first-order valence-electron chi connectivity index (χ1n) is 12.3. The molecule has 0 fully saturated rings.